The van der Waals surface area contributed by atoms with Crippen molar-refractivity contribution in [3.63, 3.8) is 0 Å². The van der Waals surface area contributed by atoms with Crippen molar-refractivity contribution < 1.29 is 4.79 Å². The minimum Gasteiger partial charge on any atom is -0.338 e. The Kier molecular flexibility index (Phi) is 5.51. The molecule has 0 atom stereocenters. The molecule has 0 N–H and O–H groups in total. The van der Waals surface area contributed by atoms with Gasteiger partial charge in [-0.25, -0.2) is 9.38 Å². The fourth-order valence-electron chi connectivity index (χ4n) is 4.51. The molecule has 9 heteroatoms. The monoisotopic (exact) mass is 502 g/mol. The molecule has 35 heavy (non-hydrogen) atoms. The first-order chi connectivity index (χ1) is 17.1. The molecule has 174 valence electrons. The Labute approximate surface area is 211 Å². The van der Waals surface area contributed by atoms with Gasteiger partial charge in [0.15, 0.2) is 11.5 Å². The number of halogens is 2. The number of hydrogen-bond acceptors (Lipinski definition) is 5. The molecule has 0 aliphatic carbocycles. The second-order valence-electron chi connectivity index (χ2n) is 8.35. The van der Waals surface area contributed by atoms with Gasteiger partial charge in [0.1, 0.15) is 0 Å². The fraction of sp³-hybridized carbons (Fsp3) is 0.154. The van der Waals surface area contributed by atoms with Gasteiger partial charge >= 0.3 is 0 Å². The number of para-hydroxylation sites is 1. The molecule has 1 aliphatic rings. The summed E-state index contributed by atoms with van der Waals surface area (Å²) in [5, 5.41) is 11.0. The number of carbonyl (C=O) groups excluding carboxylic acids is 1. The van der Waals surface area contributed by atoms with Gasteiger partial charge in [0.2, 0.25) is 5.95 Å². The molecule has 0 saturated carbocycles. The number of carbonyl (C=O) groups is 1. The van der Waals surface area contributed by atoms with Crippen molar-refractivity contribution in [2.75, 3.05) is 31.1 Å². The van der Waals surface area contributed by atoms with Crippen LogP contribution in [-0.4, -0.2) is 56.6 Å². The predicted octanol–water partition coefficient (Wildman–Crippen LogP) is 5.21. The Bertz CT molecular complexity index is 1580. The van der Waals surface area contributed by atoms with Gasteiger partial charge in [0.05, 0.1) is 21.1 Å². The van der Waals surface area contributed by atoms with Crippen LogP contribution in [0.3, 0.4) is 0 Å². The highest BCUT2D eigenvalue weighted by Gasteiger charge is 2.27. The molecule has 2 aromatic heterocycles. The molecule has 0 unspecified atom stereocenters. The fourth-order valence-corrected chi connectivity index (χ4v) is 4.95. The van der Waals surface area contributed by atoms with Gasteiger partial charge in [-0.1, -0.05) is 59.6 Å². The summed E-state index contributed by atoms with van der Waals surface area (Å²) in [6.07, 6.45) is 0. The summed E-state index contributed by atoms with van der Waals surface area (Å²) >= 11 is 12.8. The molecule has 1 aliphatic heterocycles. The molecule has 6 rings (SSSR count). The summed E-state index contributed by atoms with van der Waals surface area (Å²) in [5.74, 6) is 1.30. The Hall–Kier alpha value is -3.68. The molecule has 5 aromatic rings. The molecule has 1 amide bonds. The van der Waals surface area contributed by atoms with E-state index in [1.807, 2.05) is 70.0 Å². The van der Waals surface area contributed by atoms with E-state index in [1.165, 1.54) is 0 Å². The van der Waals surface area contributed by atoms with Gasteiger partial charge in [-0.05, 0) is 36.4 Å². The summed E-state index contributed by atoms with van der Waals surface area (Å²) in [4.78, 5) is 22.0. The molecular formula is C26H20Cl2N6O. The van der Waals surface area contributed by atoms with Crippen molar-refractivity contribution in [3.8, 4) is 11.4 Å². The summed E-state index contributed by atoms with van der Waals surface area (Å²) in [7, 11) is 0. The van der Waals surface area contributed by atoms with Crippen molar-refractivity contribution in [2.24, 2.45) is 0 Å². The van der Waals surface area contributed by atoms with Crippen LogP contribution in [0.1, 0.15) is 10.4 Å². The van der Waals surface area contributed by atoms with Crippen LogP contribution in [-0.2, 0) is 0 Å². The van der Waals surface area contributed by atoms with Crippen molar-refractivity contribution in [1.29, 1.82) is 0 Å². The maximum atomic E-state index is 13.1. The Morgan fingerprint density at radius 1 is 0.771 bits per heavy atom. The van der Waals surface area contributed by atoms with Crippen LogP contribution in [0.25, 0.3) is 27.9 Å². The van der Waals surface area contributed by atoms with Crippen LogP contribution < -0.4 is 4.90 Å². The van der Waals surface area contributed by atoms with E-state index in [0.29, 0.717) is 47.6 Å². The zero-order valence-corrected chi connectivity index (χ0v) is 20.1. The smallest absolute Gasteiger partial charge is 0.255 e. The standard InChI is InChI=1S/C26H20Cl2N6O/c27-20-10-4-1-7-17(20)23-30-31-24-19-9-3-6-12-22(19)29-26(34(23)24)33-15-13-32(14-16-33)25(35)18-8-2-5-11-21(18)28/h1-12H,13-16H2. The van der Waals surface area contributed by atoms with Crippen LogP contribution in [0.5, 0.6) is 0 Å². The maximum absolute atomic E-state index is 13.1. The largest absolute Gasteiger partial charge is 0.338 e. The summed E-state index contributed by atoms with van der Waals surface area (Å²) in [5.41, 5.74) is 2.86. The van der Waals surface area contributed by atoms with E-state index >= 15 is 0 Å². The Morgan fingerprint density at radius 2 is 1.46 bits per heavy atom. The third kappa shape index (κ3) is 3.77. The van der Waals surface area contributed by atoms with E-state index in [1.54, 1.807) is 12.1 Å². The Balaban J connectivity index is 1.40. The highest BCUT2D eigenvalue weighted by atomic mass is 35.5. The van der Waals surface area contributed by atoms with E-state index < -0.39 is 0 Å². The predicted molar refractivity (Wildman–Crippen MR) is 138 cm³/mol. The third-order valence-electron chi connectivity index (χ3n) is 6.30. The lowest BCUT2D eigenvalue weighted by Gasteiger charge is -2.35. The number of rotatable bonds is 3. The number of anilines is 1. The van der Waals surface area contributed by atoms with Crippen molar-refractivity contribution in [3.05, 3.63) is 88.4 Å². The van der Waals surface area contributed by atoms with Gasteiger partial charge in [0.25, 0.3) is 5.91 Å². The topological polar surface area (TPSA) is 66.6 Å². The van der Waals surface area contributed by atoms with Gasteiger partial charge in [-0.15, -0.1) is 10.2 Å². The molecule has 0 spiro atoms. The second-order valence-corrected chi connectivity index (χ2v) is 9.16. The molecule has 7 nitrogen and oxygen atoms in total. The van der Waals surface area contributed by atoms with Gasteiger partial charge < -0.3 is 9.80 Å². The van der Waals surface area contributed by atoms with Crippen LogP contribution in [0, 0.1) is 0 Å². The molecule has 3 heterocycles. The van der Waals surface area contributed by atoms with Crippen LogP contribution >= 0.6 is 23.2 Å². The SMILES string of the molecule is O=C(c1ccccc1Cl)N1CCN(c2nc3ccccc3c3nnc(-c4ccccc4Cl)n23)CC1. The molecule has 0 bridgehead atoms. The average molecular weight is 503 g/mol. The van der Waals surface area contributed by atoms with Crippen molar-refractivity contribution >= 4 is 51.6 Å². The maximum Gasteiger partial charge on any atom is 0.255 e. The lowest BCUT2D eigenvalue weighted by atomic mass is 10.2. The minimum atomic E-state index is -0.0621. The van der Waals surface area contributed by atoms with E-state index in [4.69, 9.17) is 28.2 Å². The number of aromatic nitrogens is 4. The number of fused-ring (bicyclic) bond motifs is 3. The first-order valence-electron chi connectivity index (χ1n) is 11.3. The molecule has 1 saturated heterocycles. The normalized spacial score (nSPS) is 14.1. The van der Waals surface area contributed by atoms with E-state index in [2.05, 4.69) is 15.1 Å². The lowest BCUT2D eigenvalue weighted by Crippen LogP contribution is -2.49. The van der Waals surface area contributed by atoms with Crippen LogP contribution in [0.4, 0.5) is 5.95 Å². The van der Waals surface area contributed by atoms with E-state index in [0.717, 1.165) is 28.1 Å². The zero-order valence-electron chi connectivity index (χ0n) is 18.6. The average Bonchev–Trinajstić information content (AvgIpc) is 3.34. The highest BCUT2D eigenvalue weighted by Crippen LogP contribution is 2.32. The highest BCUT2D eigenvalue weighted by molar-refractivity contribution is 6.34. The second kappa shape index (κ2) is 8.83. The summed E-state index contributed by atoms with van der Waals surface area (Å²) < 4.78 is 1.97. The first-order valence-corrected chi connectivity index (χ1v) is 12.0. The molecule has 3 aromatic carbocycles. The molecule has 1 fully saturated rings. The summed E-state index contributed by atoms with van der Waals surface area (Å²) in [6.45, 7) is 2.31. The summed E-state index contributed by atoms with van der Waals surface area (Å²) in [6, 6.07) is 22.6. The number of nitrogens with zero attached hydrogens (tertiary/aromatic N) is 6. The van der Waals surface area contributed by atoms with E-state index in [9.17, 15) is 4.79 Å². The van der Waals surface area contributed by atoms with Crippen LogP contribution in [0.2, 0.25) is 10.0 Å². The molecule has 0 radical (unpaired) electrons. The minimum absolute atomic E-state index is 0.0621. The number of amides is 1. The number of hydrogen-bond donors (Lipinski definition) is 0. The third-order valence-corrected chi connectivity index (χ3v) is 6.96. The zero-order chi connectivity index (χ0) is 23.9. The van der Waals surface area contributed by atoms with Crippen molar-refractivity contribution in [2.45, 2.75) is 0 Å². The van der Waals surface area contributed by atoms with Crippen LogP contribution in [0.15, 0.2) is 72.8 Å². The first kappa shape index (κ1) is 21.8. The Morgan fingerprint density at radius 3 is 2.23 bits per heavy atom. The number of benzene rings is 3. The van der Waals surface area contributed by atoms with Gasteiger partial charge in [0, 0.05) is 37.1 Å². The molecular weight excluding hydrogens is 483 g/mol. The van der Waals surface area contributed by atoms with E-state index in [-0.39, 0.29) is 5.91 Å². The van der Waals surface area contributed by atoms with Gasteiger partial charge in [-0.2, -0.15) is 0 Å². The van der Waals surface area contributed by atoms with Gasteiger partial charge in [-0.3, -0.25) is 4.79 Å². The van der Waals surface area contributed by atoms with Crippen molar-refractivity contribution in [1.82, 2.24) is 24.5 Å². The lowest BCUT2D eigenvalue weighted by molar-refractivity contribution is 0.0746. The number of piperazine rings is 1. The quantitative estimate of drug-likeness (QED) is 0.338.